The molecule has 0 aliphatic rings. The number of anilines is 2. The van der Waals surface area contributed by atoms with Crippen LogP contribution in [-0.2, 0) is 14.8 Å². The van der Waals surface area contributed by atoms with Crippen LogP contribution in [0, 0.1) is 0 Å². The van der Waals surface area contributed by atoms with Gasteiger partial charge in [0.05, 0.1) is 22.8 Å². The maximum Gasteiger partial charge on any atom is 0.240 e. The van der Waals surface area contributed by atoms with E-state index < -0.39 is 10.0 Å². The molecular weight excluding hydrogens is 280 g/mol. The van der Waals surface area contributed by atoms with Gasteiger partial charge in [0.25, 0.3) is 0 Å². The van der Waals surface area contributed by atoms with Crippen molar-refractivity contribution in [1.82, 2.24) is 10.0 Å². The maximum absolute atomic E-state index is 11.7. The van der Waals surface area contributed by atoms with E-state index >= 15 is 0 Å². The van der Waals surface area contributed by atoms with Crippen molar-refractivity contribution in [2.24, 2.45) is 0 Å². The van der Waals surface area contributed by atoms with E-state index in [-0.39, 0.29) is 23.4 Å². The van der Waals surface area contributed by atoms with Crippen molar-refractivity contribution in [1.29, 1.82) is 0 Å². The number of sulfonamides is 1. The predicted molar refractivity (Wildman–Crippen MR) is 78.9 cm³/mol. The molecule has 0 aromatic heterocycles. The molecule has 8 heteroatoms. The monoisotopic (exact) mass is 300 g/mol. The third-order valence-corrected chi connectivity index (χ3v) is 3.90. The van der Waals surface area contributed by atoms with Gasteiger partial charge in [-0.25, -0.2) is 13.1 Å². The highest BCUT2D eigenvalue weighted by Gasteiger charge is 2.13. The predicted octanol–water partition coefficient (Wildman–Crippen LogP) is 0.113. The first-order chi connectivity index (χ1) is 9.26. The van der Waals surface area contributed by atoms with Crippen LogP contribution >= 0.6 is 0 Å². The van der Waals surface area contributed by atoms with Crippen LogP contribution in [0.1, 0.15) is 13.8 Å². The maximum atomic E-state index is 11.7. The van der Waals surface area contributed by atoms with E-state index in [1.807, 2.05) is 13.8 Å². The molecule has 1 aromatic rings. The Morgan fingerprint density at radius 3 is 2.55 bits per heavy atom. The quantitative estimate of drug-likeness (QED) is 0.557. The highest BCUT2D eigenvalue weighted by molar-refractivity contribution is 7.89. The molecule has 1 aromatic carbocycles. The molecular formula is C12H20N4O3S. The summed E-state index contributed by atoms with van der Waals surface area (Å²) in [7, 11) is -2.21. The molecule has 1 rings (SSSR count). The van der Waals surface area contributed by atoms with E-state index in [0.29, 0.717) is 11.4 Å². The summed E-state index contributed by atoms with van der Waals surface area (Å²) >= 11 is 0. The molecule has 0 heterocycles. The molecule has 0 radical (unpaired) electrons. The summed E-state index contributed by atoms with van der Waals surface area (Å²) in [6.07, 6.45) is 0. The van der Waals surface area contributed by atoms with Crippen molar-refractivity contribution in [3.63, 3.8) is 0 Å². The van der Waals surface area contributed by atoms with Gasteiger partial charge in [0, 0.05) is 6.04 Å². The molecule has 0 saturated heterocycles. The largest absolute Gasteiger partial charge is 0.397 e. The second kappa shape index (κ2) is 6.58. The number of hydrogen-bond donors (Lipinski definition) is 4. The smallest absolute Gasteiger partial charge is 0.240 e. The van der Waals surface area contributed by atoms with Crippen LogP contribution < -0.4 is 21.1 Å². The Labute approximate surface area is 119 Å². The van der Waals surface area contributed by atoms with Crippen LogP contribution in [0.5, 0.6) is 0 Å². The first kappa shape index (κ1) is 16.3. The number of amides is 1. The first-order valence-corrected chi connectivity index (χ1v) is 7.61. The van der Waals surface area contributed by atoms with Gasteiger partial charge in [0.15, 0.2) is 0 Å². The number of benzene rings is 1. The van der Waals surface area contributed by atoms with Crippen LogP contribution in [0.2, 0.25) is 0 Å². The summed E-state index contributed by atoms with van der Waals surface area (Å²) in [6.45, 7) is 3.73. The fourth-order valence-corrected chi connectivity index (χ4v) is 2.28. The van der Waals surface area contributed by atoms with Gasteiger partial charge in [-0.05, 0) is 39.1 Å². The van der Waals surface area contributed by atoms with Crippen molar-refractivity contribution in [3.8, 4) is 0 Å². The Balaban J connectivity index is 2.85. The van der Waals surface area contributed by atoms with E-state index in [1.54, 1.807) is 0 Å². The van der Waals surface area contributed by atoms with E-state index in [9.17, 15) is 13.2 Å². The third kappa shape index (κ3) is 4.39. The van der Waals surface area contributed by atoms with Crippen LogP contribution in [0.25, 0.3) is 0 Å². The zero-order valence-electron chi connectivity index (χ0n) is 11.7. The Hall–Kier alpha value is -1.80. The minimum Gasteiger partial charge on any atom is -0.397 e. The molecule has 7 nitrogen and oxygen atoms in total. The second-order valence-corrected chi connectivity index (χ2v) is 6.42. The van der Waals surface area contributed by atoms with Crippen molar-refractivity contribution in [3.05, 3.63) is 18.2 Å². The molecule has 0 fully saturated rings. The molecule has 0 aliphatic carbocycles. The minimum absolute atomic E-state index is 0.0193. The van der Waals surface area contributed by atoms with E-state index in [0.717, 1.165) is 0 Å². The lowest BCUT2D eigenvalue weighted by Crippen LogP contribution is -2.35. The van der Waals surface area contributed by atoms with Crippen molar-refractivity contribution < 1.29 is 13.2 Å². The summed E-state index contributed by atoms with van der Waals surface area (Å²) in [4.78, 5) is 11.6. The number of carbonyl (C=O) groups is 1. The fraction of sp³-hybridized carbons (Fsp3) is 0.417. The van der Waals surface area contributed by atoms with Gasteiger partial charge < -0.3 is 16.4 Å². The summed E-state index contributed by atoms with van der Waals surface area (Å²) in [5.41, 5.74) is 6.53. The first-order valence-electron chi connectivity index (χ1n) is 6.12. The Kier molecular flexibility index (Phi) is 5.34. The standard InChI is InChI=1S/C12H20N4O3S/c1-8(2)16-12(17)7-15-11-6-9(4-5-10(11)13)20(18,19)14-3/h4-6,8,14-15H,7,13H2,1-3H3,(H,16,17). The lowest BCUT2D eigenvalue weighted by atomic mass is 10.2. The third-order valence-electron chi connectivity index (χ3n) is 2.49. The highest BCUT2D eigenvalue weighted by Crippen LogP contribution is 2.22. The molecule has 0 saturated carbocycles. The average molecular weight is 300 g/mol. The number of nitrogens with two attached hydrogens (primary N) is 1. The van der Waals surface area contributed by atoms with Crippen molar-refractivity contribution >= 4 is 27.3 Å². The van der Waals surface area contributed by atoms with Crippen LogP contribution in [0.4, 0.5) is 11.4 Å². The number of nitrogen functional groups attached to an aromatic ring is 1. The second-order valence-electron chi connectivity index (χ2n) is 4.53. The topological polar surface area (TPSA) is 113 Å². The van der Waals surface area contributed by atoms with E-state index in [4.69, 9.17) is 5.73 Å². The van der Waals surface area contributed by atoms with E-state index in [2.05, 4.69) is 15.4 Å². The average Bonchev–Trinajstić information content (AvgIpc) is 2.36. The van der Waals surface area contributed by atoms with Gasteiger partial charge in [0.1, 0.15) is 0 Å². The fourth-order valence-electron chi connectivity index (χ4n) is 1.52. The zero-order chi connectivity index (χ0) is 15.3. The number of carbonyl (C=O) groups excluding carboxylic acids is 1. The molecule has 0 aliphatic heterocycles. The Bertz CT molecular complexity index is 584. The normalized spacial score (nSPS) is 11.4. The SMILES string of the molecule is CNS(=O)(=O)c1ccc(N)c(NCC(=O)NC(C)C)c1. The van der Waals surface area contributed by atoms with Gasteiger partial charge in [0.2, 0.25) is 15.9 Å². The number of hydrogen-bond acceptors (Lipinski definition) is 5. The lowest BCUT2D eigenvalue weighted by molar-refractivity contribution is -0.119. The summed E-state index contributed by atoms with van der Waals surface area (Å²) in [6, 6.07) is 4.31. The van der Waals surface area contributed by atoms with E-state index in [1.165, 1.54) is 25.2 Å². The van der Waals surface area contributed by atoms with Crippen LogP contribution in [-0.4, -0.2) is 34.0 Å². The highest BCUT2D eigenvalue weighted by atomic mass is 32.2. The Morgan fingerprint density at radius 1 is 1.35 bits per heavy atom. The molecule has 112 valence electrons. The molecule has 0 spiro atoms. The number of rotatable bonds is 6. The van der Waals surface area contributed by atoms with Gasteiger partial charge in [-0.15, -0.1) is 0 Å². The summed E-state index contributed by atoms with van der Waals surface area (Å²) in [5.74, 6) is -0.193. The Morgan fingerprint density at radius 2 is 2.00 bits per heavy atom. The molecule has 20 heavy (non-hydrogen) atoms. The summed E-state index contributed by atoms with van der Waals surface area (Å²) in [5, 5.41) is 5.54. The van der Waals surface area contributed by atoms with Crippen LogP contribution in [0.15, 0.2) is 23.1 Å². The van der Waals surface area contributed by atoms with Gasteiger partial charge in [-0.1, -0.05) is 0 Å². The van der Waals surface area contributed by atoms with Gasteiger partial charge in [-0.3, -0.25) is 4.79 Å². The van der Waals surface area contributed by atoms with Crippen molar-refractivity contribution in [2.45, 2.75) is 24.8 Å². The molecule has 5 N–H and O–H groups in total. The van der Waals surface area contributed by atoms with Crippen molar-refractivity contribution in [2.75, 3.05) is 24.6 Å². The number of nitrogens with one attached hydrogen (secondary N) is 3. The van der Waals surface area contributed by atoms with Crippen LogP contribution in [0.3, 0.4) is 0 Å². The molecule has 0 bridgehead atoms. The van der Waals surface area contributed by atoms with Gasteiger partial charge in [-0.2, -0.15) is 0 Å². The lowest BCUT2D eigenvalue weighted by Gasteiger charge is -2.13. The van der Waals surface area contributed by atoms with Gasteiger partial charge >= 0.3 is 0 Å². The minimum atomic E-state index is -3.54. The zero-order valence-corrected chi connectivity index (χ0v) is 12.5. The molecule has 0 unspecified atom stereocenters. The summed E-state index contributed by atoms with van der Waals surface area (Å²) < 4.78 is 25.6. The molecule has 1 amide bonds. The molecule has 0 atom stereocenters.